The maximum atomic E-state index is 10.8. The smallest absolute Gasteiger partial charge is 0.264 e. The SMILES string of the molecule is CC.CC(C)n1cc(S(=O)(=O)Cl)cn1. The lowest BCUT2D eigenvalue weighted by Crippen LogP contribution is -2.00. The van der Waals surface area contributed by atoms with Crippen LogP contribution in [0.3, 0.4) is 0 Å². The topological polar surface area (TPSA) is 52.0 Å². The second-order valence-corrected chi connectivity index (χ2v) is 5.25. The monoisotopic (exact) mass is 238 g/mol. The normalized spacial score (nSPS) is 11.0. The molecule has 0 spiro atoms. The summed E-state index contributed by atoms with van der Waals surface area (Å²) in [5.74, 6) is 0. The van der Waals surface area contributed by atoms with Crippen molar-refractivity contribution < 1.29 is 8.42 Å². The first-order valence-corrected chi connectivity index (χ1v) is 6.71. The number of rotatable bonds is 2. The van der Waals surface area contributed by atoms with Gasteiger partial charge in [0, 0.05) is 22.9 Å². The zero-order valence-electron chi connectivity index (χ0n) is 8.73. The molecular formula is C8H15ClN2O2S. The summed E-state index contributed by atoms with van der Waals surface area (Å²) >= 11 is 0. The van der Waals surface area contributed by atoms with Crippen LogP contribution in [0.2, 0.25) is 0 Å². The minimum absolute atomic E-state index is 0.0397. The van der Waals surface area contributed by atoms with Gasteiger partial charge in [-0.05, 0) is 13.8 Å². The molecule has 0 aromatic carbocycles. The van der Waals surface area contributed by atoms with Gasteiger partial charge in [-0.25, -0.2) is 8.42 Å². The summed E-state index contributed by atoms with van der Waals surface area (Å²) < 4.78 is 23.1. The summed E-state index contributed by atoms with van der Waals surface area (Å²) in [6, 6.07) is 0.136. The summed E-state index contributed by atoms with van der Waals surface area (Å²) in [6.07, 6.45) is 2.65. The molecule has 0 fully saturated rings. The highest BCUT2D eigenvalue weighted by Gasteiger charge is 2.13. The van der Waals surface area contributed by atoms with Gasteiger partial charge >= 0.3 is 0 Å². The third kappa shape index (κ3) is 3.67. The van der Waals surface area contributed by atoms with E-state index < -0.39 is 9.05 Å². The maximum Gasteiger partial charge on any atom is 0.264 e. The Morgan fingerprint density at radius 1 is 1.43 bits per heavy atom. The van der Waals surface area contributed by atoms with Crippen molar-refractivity contribution in [3.8, 4) is 0 Å². The van der Waals surface area contributed by atoms with Crippen molar-refractivity contribution in [2.45, 2.75) is 38.6 Å². The van der Waals surface area contributed by atoms with Gasteiger partial charge in [0.15, 0.2) is 0 Å². The fourth-order valence-electron chi connectivity index (χ4n) is 0.729. The van der Waals surface area contributed by atoms with Crippen molar-refractivity contribution in [1.29, 1.82) is 0 Å². The standard InChI is InChI=1S/C6H9ClN2O2S.C2H6/c1-5(2)9-4-6(3-8-9)12(7,10)11;1-2/h3-5H,1-2H3;1-2H3. The van der Waals surface area contributed by atoms with E-state index in [4.69, 9.17) is 10.7 Å². The van der Waals surface area contributed by atoms with Crippen LogP contribution in [-0.4, -0.2) is 18.2 Å². The van der Waals surface area contributed by atoms with Crippen LogP contribution >= 0.6 is 10.7 Å². The van der Waals surface area contributed by atoms with E-state index in [0.29, 0.717) is 0 Å². The molecule has 0 saturated carbocycles. The predicted octanol–water partition coefficient (Wildman–Crippen LogP) is 2.42. The van der Waals surface area contributed by atoms with Crippen LogP contribution in [-0.2, 0) is 9.05 Å². The van der Waals surface area contributed by atoms with Gasteiger partial charge in [0.1, 0.15) is 4.90 Å². The minimum Gasteiger partial charge on any atom is -0.269 e. The van der Waals surface area contributed by atoms with Gasteiger partial charge in [-0.15, -0.1) is 0 Å². The Morgan fingerprint density at radius 2 is 1.93 bits per heavy atom. The summed E-state index contributed by atoms with van der Waals surface area (Å²) in [4.78, 5) is 0.0397. The number of hydrogen-bond donors (Lipinski definition) is 0. The Morgan fingerprint density at radius 3 is 2.14 bits per heavy atom. The third-order valence-corrected chi connectivity index (χ3v) is 2.70. The van der Waals surface area contributed by atoms with E-state index in [2.05, 4.69) is 5.10 Å². The summed E-state index contributed by atoms with van der Waals surface area (Å²) in [5, 5.41) is 3.84. The molecule has 4 nitrogen and oxygen atoms in total. The Bertz CT molecular complexity index is 370. The van der Waals surface area contributed by atoms with Gasteiger partial charge in [-0.3, -0.25) is 4.68 Å². The lowest BCUT2D eigenvalue weighted by atomic mass is 10.4. The lowest BCUT2D eigenvalue weighted by molar-refractivity contribution is 0.531. The first-order chi connectivity index (χ1) is 6.41. The van der Waals surface area contributed by atoms with Crippen molar-refractivity contribution in [2.75, 3.05) is 0 Å². The molecule has 0 amide bonds. The average Bonchev–Trinajstić information content (AvgIpc) is 2.54. The van der Waals surface area contributed by atoms with E-state index in [-0.39, 0.29) is 10.9 Å². The van der Waals surface area contributed by atoms with Gasteiger partial charge in [-0.1, -0.05) is 13.8 Å². The molecule has 1 rings (SSSR count). The van der Waals surface area contributed by atoms with Gasteiger partial charge in [0.25, 0.3) is 9.05 Å². The van der Waals surface area contributed by atoms with Crippen LogP contribution < -0.4 is 0 Å². The van der Waals surface area contributed by atoms with Crippen molar-refractivity contribution in [1.82, 2.24) is 9.78 Å². The zero-order chi connectivity index (χ0) is 11.4. The molecule has 6 heteroatoms. The molecule has 0 radical (unpaired) electrons. The van der Waals surface area contributed by atoms with Crippen molar-refractivity contribution >= 4 is 19.7 Å². The molecule has 0 aliphatic rings. The summed E-state index contributed by atoms with van der Waals surface area (Å²) in [6.45, 7) is 7.80. The van der Waals surface area contributed by atoms with E-state index in [1.807, 2.05) is 27.7 Å². The van der Waals surface area contributed by atoms with Crippen LogP contribution in [0.25, 0.3) is 0 Å². The molecule has 0 aliphatic carbocycles. The van der Waals surface area contributed by atoms with Crippen LogP contribution in [0.5, 0.6) is 0 Å². The number of halogens is 1. The predicted molar refractivity (Wildman–Crippen MR) is 57.0 cm³/mol. The number of hydrogen-bond acceptors (Lipinski definition) is 3. The van der Waals surface area contributed by atoms with Crippen molar-refractivity contribution in [3.63, 3.8) is 0 Å². The maximum absolute atomic E-state index is 10.8. The van der Waals surface area contributed by atoms with Crippen LogP contribution in [0, 0.1) is 0 Å². The van der Waals surface area contributed by atoms with E-state index in [0.717, 1.165) is 0 Å². The molecule has 14 heavy (non-hydrogen) atoms. The Balaban J connectivity index is 0.000000791. The fraction of sp³-hybridized carbons (Fsp3) is 0.625. The molecule has 0 bridgehead atoms. The molecule has 0 N–H and O–H groups in total. The Labute approximate surface area is 89.3 Å². The zero-order valence-corrected chi connectivity index (χ0v) is 10.3. The first-order valence-electron chi connectivity index (χ1n) is 4.40. The molecule has 0 aliphatic heterocycles. The quantitative estimate of drug-likeness (QED) is 0.744. The highest BCUT2D eigenvalue weighted by Crippen LogP contribution is 2.14. The fourth-order valence-corrected chi connectivity index (χ4v) is 1.37. The summed E-state index contributed by atoms with van der Waals surface area (Å²) in [7, 11) is 1.47. The Hall–Kier alpha value is -0.550. The van der Waals surface area contributed by atoms with Crippen LogP contribution in [0.1, 0.15) is 33.7 Å². The Kier molecular flexibility index (Phi) is 5.15. The third-order valence-electron chi connectivity index (χ3n) is 1.39. The minimum atomic E-state index is -3.63. The largest absolute Gasteiger partial charge is 0.269 e. The molecule has 0 atom stereocenters. The molecule has 82 valence electrons. The van der Waals surface area contributed by atoms with Gasteiger partial charge in [-0.2, -0.15) is 5.10 Å². The van der Waals surface area contributed by atoms with E-state index in [1.165, 1.54) is 17.1 Å². The number of nitrogens with zero attached hydrogens (tertiary/aromatic N) is 2. The highest BCUT2D eigenvalue weighted by atomic mass is 35.7. The second kappa shape index (κ2) is 5.36. The average molecular weight is 239 g/mol. The highest BCUT2D eigenvalue weighted by molar-refractivity contribution is 8.13. The van der Waals surface area contributed by atoms with Gasteiger partial charge in [0.2, 0.25) is 0 Å². The lowest BCUT2D eigenvalue weighted by Gasteiger charge is -2.02. The second-order valence-electron chi connectivity index (χ2n) is 2.69. The molecule has 0 unspecified atom stereocenters. The van der Waals surface area contributed by atoms with Crippen molar-refractivity contribution in [2.24, 2.45) is 0 Å². The summed E-state index contributed by atoms with van der Waals surface area (Å²) in [5.41, 5.74) is 0. The van der Waals surface area contributed by atoms with Gasteiger partial charge in [0.05, 0.1) is 6.20 Å². The molecule has 1 aromatic heterocycles. The molecule has 1 aromatic rings. The molecule has 0 saturated heterocycles. The number of aromatic nitrogens is 2. The first kappa shape index (κ1) is 13.4. The van der Waals surface area contributed by atoms with Crippen LogP contribution in [0.4, 0.5) is 0 Å². The molecular weight excluding hydrogens is 224 g/mol. The van der Waals surface area contributed by atoms with Gasteiger partial charge < -0.3 is 0 Å². The van der Waals surface area contributed by atoms with Crippen LogP contribution in [0.15, 0.2) is 17.3 Å². The van der Waals surface area contributed by atoms with E-state index >= 15 is 0 Å². The van der Waals surface area contributed by atoms with E-state index in [9.17, 15) is 8.42 Å². The van der Waals surface area contributed by atoms with E-state index in [1.54, 1.807) is 0 Å². The molecule has 1 heterocycles. The van der Waals surface area contributed by atoms with Crippen molar-refractivity contribution in [3.05, 3.63) is 12.4 Å².